The highest BCUT2D eigenvalue weighted by Crippen LogP contribution is 2.34. The number of para-hydroxylation sites is 1. The molecule has 43 heavy (non-hydrogen) atoms. The molecule has 1 aromatic heterocycles. The first-order valence-corrected chi connectivity index (χ1v) is 15.9. The number of rotatable bonds is 9. The Morgan fingerprint density at radius 2 is 1.21 bits per heavy atom. The van der Waals surface area contributed by atoms with Gasteiger partial charge in [-0.3, -0.25) is 10.6 Å². The third-order valence-corrected chi connectivity index (χ3v) is 8.06. The maximum Gasteiger partial charge on any atom is 0.0854 e. The highest BCUT2D eigenvalue weighted by Gasteiger charge is 2.21. The van der Waals surface area contributed by atoms with Crippen molar-refractivity contribution in [3.8, 4) is 5.69 Å². The van der Waals surface area contributed by atoms with Crippen molar-refractivity contribution in [2.45, 2.75) is 45.6 Å². The molecule has 0 fully saturated rings. The Morgan fingerprint density at radius 3 is 1.91 bits per heavy atom. The minimum Gasteiger partial charge on any atom is -0.309 e. The van der Waals surface area contributed by atoms with Crippen molar-refractivity contribution in [3.05, 3.63) is 149 Å². The van der Waals surface area contributed by atoms with E-state index in [-0.39, 0.29) is 18.4 Å². The monoisotopic (exact) mass is 632 g/mol. The lowest BCUT2D eigenvalue weighted by molar-refractivity contribution is 0.331. The topological polar surface area (TPSA) is 41.0 Å². The Bertz CT molecular complexity index is 1750. The molecule has 3 atom stereocenters. The van der Waals surface area contributed by atoms with Crippen molar-refractivity contribution in [2.24, 2.45) is 0 Å². The zero-order valence-electron chi connectivity index (χ0n) is 25.4. The van der Waals surface area contributed by atoms with Gasteiger partial charge in [-0.1, -0.05) is 127 Å². The van der Waals surface area contributed by atoms with Gasteiger partial charge < -0.3 is 9.88 Å². The van der Waals surface area contributed by atoms with Gasteiger partial charge in [-0.05, 0) is 67.1 Å². The van der Waals surface area contributed by atoms with Gasteiger partial charge in [0.25, 0.3) is 0 Å². The quantitative estimate of drug-likeness (QED) is 0.139. The molecule has 4 nitrogen and oxygen atoms in total. The van der Waals surface area contributed by atoms with Crippen LogP contribution in [0.1, 0.15) is 62.3 Å². The fourth-order valence-electron chi connectivity index (χ4n) is 5.55. The van der Waals surface area contributed by atoms with E-state index in [9.17, 15) is 0 Å². The van der Waals surface area contributed by atoms with Gasteiger partial charge in [0.05, 0.1) is 23.4 Å². The van der Waals surface area contributed by atoms with Crippen molar-refractivity contribution in [1.82, 2.24) is 20.5 Å². The van der Waals surface area contributed by atoms with Crippen LogP contribution < -0.4 is 16.0 Å². The predicted molar refractivity (Wildman–Crippen MR) is 187 cm³/mol. The SMILES string of the molecule is CCC.CNC(NC(NC(C)c1ccccc1)c1ccccc1)c1cccc(-n2c3ccccc3c3cc(Br)ccc32)c1. The van der Waals surface area contributed by atoms with Crippen molar-refractivity contribution >= 4 is 37.7 Å². The van der Waals surface area contributed by atoms with Crippen LogP contribution in [0.25, 0.3) is 27.5 Å². The lowest BCUT2D eigenvalue weighted by Crippen LogP contribution is -2.42. The van der Waals surface area contributed by atoms with Gasteiger partial charge in [0.2, 0.25) is 0 Å². The average Bonchev–Trinajstić information content (AvgIpc) is 3.37. The van der Waals surface area contributed by atoms with Crippen LogP contribution in [0.15, 0.2) is 132 Å². The molecule has 1 heterocycles. The summed E-state index contributed by atoms with van der Waals surface area (Å²) in [6.45, 7) is 6.46. The number of hydrogen-bond acceptors (Lipinski definition) is 3. The van der Waals surface area contributed by atoms with Crippen LogP contribution in [-0.2, 0) is 0 Å². The second-order valence-electron chi connectivity index (χ2n) is 10.8. The van der Waals surface area contributed by atoms with E-state index < -0.39 is 0 Å². The number of hydrogen-bond donors (Lipinski definition) is 3. The summed E-state index contributed by atoms with van der Waals surface area (Å²) in [5, 5.41) is 13.7. The number of halogens is 1. The lowest BCUT2D eigenvalue weighted by Gasteiger charge is -2.30. The van der Waals surface area contributed by atoms with Crippen LogP contribution in [0.5, 0.6) is 0 Å². The largest absolute Gasteiger partial charge is 0.309 e. The van der Waals surface area contributed by atoms with Crippen LogP contribution >= 0.6 is 15.9 Å². The van der Waals surface area contributed by atoms with E-state index in [2.05, 4.69) is 185 Å². The highest BCUT2D eigenvalue weighted by molar-refractivity contribution is 9.10. The zero-order valence-corrected chi connectivity index (χ0v) is 27.0. The molecule has 0 saturated heterocycles. The Hall–Kier alpha value is -3.74. The predicted octanol–water partition coefficient (Wildman–Crippen LogP) is 9.82. The van der Waals surface area contributed by atoms with Gasteiger partial charge in [0, 0.05) is 27.0 Å². The summed E-state index contributed by atoms with van der Waals surface area (Å²) in [4.78, 5) is 0. The number of nitrogens with one attached hydrogen (secondary N) is 3. The molecular formula is C38H41BrN4. The fourth-order valence-corrected chi connectivity index (χ4v) is 5.91. The highest BCUT2D eigenvalue weighted by atomic mass is 79.9. The van der Waals surface area contributed by atoms with Gasteiger partial charge in [-0.15, -0.1) is 0 Å². The van der Waals surface area contributed by atoms with Gasteiger partial charge >= 0.3 is 0 Å². The third-order valence-electron chi connectivity index (χ3n) is 7.57. The van der Waals surface area contributed by atoms with Crippen molar-refractivity contribution < 1.29 is 0 Å². The van der Waals surface area contributed by atoms with E-state index in [1.165, 1.54) is 39.4 Å². The van der Waals surface area contributed by atoms with Crippen molar-refractivity contribution in [2.75, 3.05) is 7.05 Å². The number of benzene rings is 5. The summed E-state index contributed by atoms with van der Waals surface area (Å²) in [5.74, 6) is 0. The van der Waals surface area contributed by atoms with E-state index in [0.29, 0.717) is 0 Å². The molecule has 0 aliphatic heterocycles. The van der Waals surface area contributed by atoms with Gasteiger partial charge in [0.15, 0.2) is 0 Å². The molecule has 0 bridgehead atoms. The molecule has 3 N–H and O–H groups in total. The molecule has 0 amide bonds. The van der Waals surface area contributed by atoms with Crippen LogP contribution in [0.3, 0.4) is 0 Å². The molecule has 0 aliphatic rings. The van der Waals surface area contributed by atoms with Gasteiger partial charge in [-0.2, -0.15) is 0 Å². The average molecular weight is 634 g/mol. The van der Waals surface area contributed by atoms with Gasteiger partial charge in [0.1, 0.15) is 0 Å². The minimum atomic E-state index is -0.0807. The fraction of sp³-hybridized carbons (Fsp3) is 0.211. The standard InChI is InChI=1S/C35H33BrN4.C3H8/c1-24(25-12-5-3-6-13-25)38-35(26-14-7-4-8-15-26)39-34(37-2)27-16-11-17-29(22-27)40-32-19-10-9-18-30(32)31-23-28(36)20-21-33(31)40;1-3-2/h3-24,34-35,37-39H,1-2H3;3H2,1-2H3. The molecule has 6 aromatic rings. The molecule has 0 spiro atoms. The molecule has 220 valence electrons. The Morgan fingerprint density at radius 1 is 0.605 bits per heavy atom. The molecule has 5 aromatic carbocycles. The van der Waals surface area contributed by atoms with E-state index >= 15 is 0 Å². The summed E-state index contributed by atoms with van der Waals surface area (Å²) >= 11 is 3.67. The number of aromatic nitrogens is 1. The van der Waals surface area contributed by atoms with Gasteiger partial charge in [-0.25, -0.2) is 0 Å². The van der Waals surface area contributed by atoms with Crippen molar-refractivity contribution in [1.29, 1.82) is 0 Å². The number of fused-ring (bicyclic) bond motifs is 3. The molecule has 5 heteroatoms. The summed E-state index contributed by atoms with van der Waals surface area (Å²) in [6, 6.07) is 45.3. The smallest absolute Gasteiger partial charge is 0.0854 e. The third kappa shape index (κ3) is 7.09. The lowest BCUT2D eigenvalue weighted by atomic mass is 10.1. The molecular weight excluding hydrogens is 592 g/mol. The van der Waals surface area contributed by atoms with Crippen LogP contribution in [0.2, 0.25) is 0 Å². The van der Waals surface area contributed by atoms with E-state index in [4.69, 9.17) is 0 Å². The van der Waals surface area contributed by atoms with Crippen LogP contribution in [-0.4, -0.2) is 11.6 Å². The first-order chi connectivity index (χ1) is 21.0. The summed E-state index contributed by atoms with van der Waals surface area (Å²) in [5.41, 5.74) is 7.13. The summed E-state index contributed by atoms with van der Waals surface area (Å²) in [7, 11) is 2.00. The summed E-state index contributed by atoms with van der Waals surface area (Å²) < 4.78 is 3.44. The first kappa shape index (κ1) is 30.7. The Balaban J connectivity index is 0.00000118. The Labute approximate surface area is 264 Å². The van der Waals surface area contributed by atoms with E-state index in [1.807, 2.05) is 7.05 Å². The van der Waals surface area contributed by atoms with Crippen LogP contribution in [0.4, 0.5) is 0 Å². The minimum absolute atomic E-state index is 0.0666. The maximum absolute atomic E-state index is 3.85. The Kier molecular flexibility index (Phi) is 10.4. The molecule has 0 saturated carbocycles. The van der Waals surface area contributed by atoms with Crippen LogP contribution in [0, 0.1) is 0 Å². The van der Waals surface area contributed by atoms with E-state index in [0.717, 1.165) is 15.7 Å². The molecule has 0 aliphatic carbocycles. The molecule has 6 rings (SSSR count). The zero-order chi connectivity index (χ0) is 30.2. The maximum atomic E-state index is 3.85. The molecule has 3 unspecified atom stereocenters. The second-order valence-corrected chi connectivity index (χ2v) is 11.8. The number of nitrogens with zero attached hydrogens (tertiary/aromatic N) is 1. The summed E-state index contributed by atoms with van der Waals surface area (Å²) in [6.07, 6.45) is 1.10. The van der Waals surface area contributed by atoms with Crippen molar-refractivity contribution in [3.63, 3.8) is 0 Å². The normalized spacial score (nSPS) is 13.3. The second kappa shape index (κ2) is 14.6. The van der Waals surface area contributed by atoms with E-state index in [1.54, 1.807) is 0 Å². The molecule has 0 radical (unpaired) electrons. The first-order valence-electron chi connectivity index (χ1n) is 15.1.